The molecule has 2 rings (SSSR count). The van der Waals surface area contributed by atoms with Crippen LogP contribution >= 0.6 is 0 Å². The maximum atomic E-state index is 3.35. The van der Waals surface area contributed by atoms with E-state index >= 15 is 0 Å². The highest BCUT2D eigenvalue weighted by molar-refractivity contribution is 5.76. The SMILES string of the molecule is CN/C=C\C=C(/C)c1ccc2c(c1)C=CCN2. The van der Waals surface area contributed by atoms with Crippen molar-refractivity contribution in [3.05, 3.63) is 53.8 Å². The van der Waals surface area contributed by atoms with Gasteiger partial charge in [-0.15, -0.1) is 0 Å². The molecule has 2 nitrogen and oxygen atoms in total. The molecule has 1 heterocycles. The molecule has 0 fully saturated rings. The van der Waals surface area contributed by atoms with Gasteiger partial charge in [-0.25, -0.2) is 0 Å². The largest absolute Gasteiger partial charge is 0.394 e. The van der Waals surface area contributed by atoms with Gasteiger partial charge in [-0.1, -0.05) is 24.3 Å². The van der Waals surface area contributed by atoms with E-state index in [4.69, 9.17) is 0 Å². The van der Waals surface area contributed by atoms with Crippen molar-refractivity contribution >= 4 is 17.3 Å². The summed E-state index contributed by atoms with van der Waals surface area (Å²) >= 11 is 0. The zero-order chi connectivity index (χ0) is 12.1. The van der Waals surface area contributed by atoms with E-state index in [-0.39, 0.29) is 0 Å². The minimum atomic E-state index is 0.923. The lowest BCUT2D eigenvalue weighted by molar-refractivity contribution is 1.10. The first kappa shape index (κ1) is 11.5. The van der Waals surface area contributed by atoms with Crippen LogP contribution in [-0.2, 0) is 0 Å². The minimum absolute atomic E-state index is 0.923. The Kier molecular flexibility index (Phi) is 3.66. The number of benzene rings is 1. The van der Waals surface area contributed by atoms with Gasteiger partial charge in [-0.05, 0) is 48.0 Å². The third-order valence-electron chi connectivity index (χ3n) is 2.82. The molecule has 1 aromatic rings. The summed E-state index contributed by atoms with van der Waals surface area (Å²) in [7, 11) is 1.90. The predicted molar refractivity (Wildman–Crippen MR) is 75.8 cm³/mol. The fraction of sp³-hybridized carbons (Fsp3) is 0.200. The van der Waals surface area contributed by atoms with Gasteiger partial charge in [0.05, 0.1) is 0 Å². The van der Waals surface area contributed by atoms with Crippen molar-refractivity contribution in [1.82, 2.24) is 5.32 Å². The standard InChI is InChI=1S/C15H18N2/c1-12(5-3-9-16-2)13-7-8-15-14(11-13)6-4-10-17-15/h3-9,11,16-17H,10H2,1-2H3/b9-3-,12-5+. The Hall–Kier alpha value is -1.96. The molecule has 0 aromatic heterocycles. The third kappa shape index (κ3) is 2.78. The summed E-state index contributed by atoms with van der Waals surface area (Å²) < 4.78 is 0. The van der Waals surface area contributed by atoms with Gasteiger partial charge in [-0.3, -0.25) is 0 Å². The van der Waals surface area contributed by atoms with Crippen LogP contribution in [-0.4, -0.2) is 13.6 Å². The second kappa shape index (κ2) is 5.39. The van der Waals surface area contributed by atoms with E-state index in [1.54, 1.807) is 0 Å². The van der Waals surface area contributed by atoms with Gasteiger partial charge >= 0.3 is 0 Å². The number of fused-ring (bicyclic) bond motifs is 1. The number of hydrogen-bond donors (Lipinski definition) is 2. The molecule has 1 aliphatic heterocycles. The second-order valence-electron chi connectivity index (χ2n) is 4.08. The Bertz CT molecular complexity index is 482. The monoisotopic (exact) mass is 226 g/mol. The molecule has 0 saturated carbocycles. The van der Waals surface area contributed by atoms with Crippen LogP contribution in [0.2, 0.25) is 0 Å². The van der Waals surface area contributed by atoms with Crippen LogP contribution in [0.4, 0.5) is 5.69 Å². The minimum Gasteiger partial charge on any atom is -0.394 e. The van der Waals surface area contributed by atoms with Crippen molar-refractivity contribution in [3.8, 4) is 0 Å². The van der Waals surface area contributed by atoms with Gasteiger partial charge in [0.2, 0.25) is 0 Å². The van der Waals surface area contributed by atoms with Crippen molar-refractivity contribution in [2.24, 2.45) is 0 Å². The third-order valence-corrected chi connectivity index (χ3v) is 2.82. The van der Waals surface area contributed by atoms with Crippen molar-refractivity contribution in [1.29, 1.82) is 0 Å². The smallest absolute Gasteiger partial charge is 0.0416 e. The molecule has 0 spiro atoms. The highest BCUT2D eigenvalue weighted by Gasteiger charge is 2.04. The summed E-state index contributed by atoms with van der Waals surface area (Å²) in [5.41, 5.74) is 5.00. The van der Waals surface area contributed by atoms with Crippen molar-refractivity contribution in [2.45, 2.75) is 6.92 Å². The molecule has 2 heteroatoms. The molecule has 1 aromatic carbocycles. The van der Waals surface area contributed by atoms with Crippen LogP contribution < -0.4 is 10.6 Å². The highest BCUT2D eigenvalue weighted by Crippen LogP contribution is 2.25. The second-order valence-corrected chi connectivity index (χ2v) is 4.08. The Morgan fingerprint density at radius 1 is 1.41 bits per heavy atom. The van der Waals surface area contributed by atoms with Crippen LogP contribution in [0, 0.1) is 0 Å². The van der Waals surface area contributed by atoms with Crippen LogP contribution in [0.3, 0.4) is 0 Å². The van der Waals surface area contributed by atoms with Crippen LogP contribution in [0.25, 0.3) is 11.6 Å². The van der Waals surface area contributed by atoms with Crippen LogP contribution in [0.5, 0.6) is 0 Å². The van der Waals surface area contributed by atoms with Gasteiger partial charge in [0.1, 0.15) is 0 Å². The molecular weight excluding hydrogens is 208 g/mol. The van der Waals surface area contributed by atoms with Gasteiger partial charge in [0, 0.05) is 19.3 Å². The molecule has 0 amide bonds. The molecule has 2 N–H and O–H groups in total. The highest BCUT2D eigenvalue weighted by atomic mass is 14.9. The molecular formula is C15H18N2. The summed E-state index contributed by atoms with van der Waals surface area (Å²) in [4.78, 5) is 0. The maximum Gasteiger partial charge on any atom is 0.0416 e. The summed E-state index contributed by atoms with van der Waals surface area (Å²) in [5, 5.41) is 6.33. The number of nitrogens with one attached hydrogen (secondary N) is 2. The molecule has 0 radical (unpaired) electrons. The van der Waals surface area contributed by atoms with E-state index in [1.165, 1.54) is 22.4 Å². The van der Waals surface area contributed by atoms with E-state index < -0.39 is 0 Å². The lowest BCUT2D eigenvalue weighted by atomic mass is 10.0. The zero-order valence-corrected chi connectivity index (χ0v) is 10.3. The zero-order valence-electron chi connectivity index (χ0n) is 10.3. The Labute approximate surface area is 103 Å². The first-order valence-electron chi connectivity index (χ1n) is 5.87. The predicted octanol–water partition coefficient (Wildman–Crippen LogP) is 3.26. The Balaban J connectivity index is 2.26. The number of allylic oxidation sites excluding steroid dienone is 3. The summed E-state index contributed by atoms with van der Waals surface area (Å²) in [6.45, 7) is 3.05. The summed E-state index contributed by atoms with van der Waals surface area (Å²) in [6, 6.07) is 6.52. The van der Waals surface area contributed by atoms with Crippen molar-refractivity contribution in [3.63, 3.8) is 0 Å². The fourth-order valence-corrected chi connectivity index (χ4v) is 1.85. The van der Waals surface area contributed by atoms with Gasteiger partial charge < -0.3 is 10.6 Å². The molecule has 0 saturated heterocycles. The summed E-state index contributed by atoms with van der Waals surface area (Å²) in [5.74, 6) is 0. The molecule has 1 aliphatic rings. The molecule has 0 unspecified atom stereocenters. The van der Waals surface area contributed by atoms with E-state index in [1.807, 2.05) is 19.3 Å². The van der Waals surface area contributed by atoms with E-state index in [2.05, 4.69) is 54.0 Å². The molecule has 0 aliphatic carbocycles. The normalized spacial score (nSPS) is 14.6. The quantitative estimate of drug-likeness (QED) is 0.773. The first-order chi connectivity index (χ1) is 8.31. The number of hydrogen-bond acceptors (Lipinski definition) is 2. The van der Waals surface area contributed by atoms with E-state index in [9.17, 15) is 0 Å². The van der Waals surface area contributed by atoms with Crippen LogP contribution in [0.1, 0.15) is 18.1 Å². The summed E-state index contributed by atoms with van der Waals surface area (Å²) in [6.07, 6.45) is 10.4. The van der Waals surface area contributed by atoms with Gasteiger partial charge in [-0.2, -0.15) is 0 Å². The lowest BCUT2D eigenvalue weighted by Crippen LogP contribution is -2.04. The van der Waals surface area contributed by atoms with E-state index in [0.717, 1.165) is 6.54 Å². The van der Waals surface area contributed by atoms with E-state index in [0.29, 0.717) is 0 Å². The Morgan fingerprint density at radius 2 is 2.29 bits per heavy atom. The molecule has 0 bridgehead atoms. The average Bonchev–Trinajstić information content (AvgIpc) is 2.38. The van der Waals surface area contributed by atoms with Gasteiger partial charge in [0.25, 0.3) is 0 Å². The number of rotatable bonds is 3. The molecule has 0 atom stereocenters. The van der Waals surface area contributed by atoms with Crippen LogP contribution in [0.15, 0.2) is 42.6 Å². The first-order valence-corrected chi connectivity index (χ1v) is 5.87. The van der Waals surface area contributed by atoms with Crippen molar-refractivity contribution in [2.75, 3.05) is 18.9 Å². The van der Waals surface area contributed by atoms with Gasteiger partial charge in [0.15, 0.2) is 0 Å². The maximum absolute atomic E-state index is 3.35. The Morgan fingerprint density at radius 3 is 3.12 bits per heavy atom. The topological polar surface area (TPSA) is 24.1 Å². The average molecular weight is 226 g/mol. The lowest BCUT2D eigenvalue weighted by Gasteiger charge is -2.14. The fourth-order valence-electron chi connectivity index (χ4n) is 1.85. The molecule has 17 heavy (non-hydrogen) atoms. The van der Waals surface area contributed by atoms with Crippen molar-refractivity contribution < 1.29 is 0 Å². The molecule has 88 valence electrons. The number of anilines is 1.